The van der Waals surface area contributed by atoms with Gasteiger partial charge in [0.05, 0.1) is 23.5 Å². The number of fused-ring (bicyclic) bond motifs is 1. The number of aromatic nitrogens is 2. The molecule has 1 aliphatic carbocycles. The third kappa shape index (κ3) is 4.29. The van der Waals surface area contributed by atoms with Crippen LogP contribution in [0.1, 0.15) is 49.8 Å². The molecule has 2 unspecified atom stereocenters. The molecule has 0 aliphatic heterocycles. The summed E-state index contributed by atoms with van der Waals surface area (Å²) in [4.78, 5) is 0. The second-order valence-corrected chi connectivity index (χ2v) is 7.34. The van der Waals surface area contributed by atoms with Crippen LogP contribution in [0.5, 0.6) is 0 Å². The maximum Gasteiger partial charge on any atom is 0.250 e. The van der Waals surface area contributed by atoms with Crippen LogP contribution < -0.4 is 5.32 Å². The zero-order valence-corrected chi connectivity index (χ0v) is 15.4. The molecule has 27 heavy (non-hydrogen) atoms. The van der Waals surface area contributed by atoms with Gasteiger partial charge in [0, 0.05) is 12.5 Å². The minimum absolute atomic E-state index is 0.0410. The van der Waals surface area contributed by atoms with Gasteiger partial charge < -0.3 is 5.32 Å². The highest BCUT2D eigenvalue weighted by molar-refractivity contribution is 5.61. The van der Waals surface area contributed by atoms with Gasteiger partial charge in [-0.3, -0.25) is 0 Å². The van der Waals surface area contributed by atoms with Crippen LogP contribution in [0.2, 0.25) is 0 Å². The van der Waals surface area contributed by atoms with Crippen molar-refractivity contribution in [2.24, 2.45) is 5.92 Å². The Morgan fingerprint density at radius 1 is 1.11 bits per heavy atom. The third-order valence-corrected chi connectivity index (χ3v) is 5.18. The van der Waals surface area contributed by atoms with Gasteiger partial charge in [-0.2, -0.15) is 10.2 Å². The number of nitrogens with zero attached hydrogens (tertiary/aromatic N) is 2. The van der Waals surface area contributed by atoms with E-state index in [4.69, 9.17) is 0 Å². The van der Waals surface area contributed by atoms with Crippen molar-refractivity contribution in [2.45, 2.75) is 45.0 Å². The zero-order valence-electron chi connectivity index (χ0n) is 15.4. The summed E-state index contributed by atoms with van der Waals surface area (Å²) in [5, 5.41) is 11.1. The quantitative estimate of drug-likeness (QED) is 0.724. The van der Waals surface area contributed by atoms with Crippen molar-refractivity contribution in [1.29, 1.82) is 0 Å². The number of hydrogen-bond donors (Lipinski definition) is 1. The summed E-state index contributed by atoms with van der Waals surface area (Å²) in [5.74, 6) is -0.898. The maximum atomic E-state index is 14.2. The van der Waals surface area contributed by atoms with E-state index in [1.165, 1.54) is 18.2 Å². The molecule has 0 radical (unpaired) electrons. The van der Waals surface area contributed by atoms with Crippen LogP contribution in [0.4, 0.5) is 17.6 Å². The Hall–Kier alpha value is -2.02. The summed E-state index contributed by atoms with van der Waals surface area (Å²) in [6.45, 7) is 4.19. The summed E-state index contributed by atoms with van der Waals surface area (Å²) in [6, 6.07) is 5.41. The van der Waals surface area contributed by atoms with E-state index in [0.717, 1.165) is 24.1 Å². The number of benzene rings is 1. The summed E-state index contributed by atoms with van der Waals surface area (Å²) < 4.78 is 53.1. The average Bonchev–Trinajstić information content (AvgIpc) is 2.61. The molecule has 0 spiro atoms. The van der Waals surface area contributed by atoms with Gasteiger partial charge in [-0.25, -0.2) is 17.6 Å². The van der Waals surface area contributed by atoms with Crippen LogP contribution in [-0.2, 0) is 0 Å². The van der Waals surface area contributed by atoms with Gasteiger partial charge in [-0.1, -0.05) is 19.9 Å². The molecule has 0 saturated carbocycles. The Kier molecular flexibility index (Phi) is 6.09. The van der Waals surface area contributed by atoms with Crippen LogP contribution in [0, 0.1) is 17.6 Å². The fourth-order valence-electron chi connectivity index (χ4n) is 3.83. The predicted molar refractivity (Wildman–Crippen MR) is 95.8 cm³/mol. The standard InChI is InChI=1S/C20H23F4N3/c1-11(2)13-7-6-12(9-25-10-18(23)24)20-14(13)8-17(26-27-20)19-15(21)4-3-5-16(19)22/h3-5,8,11-13,18,25H,6-7,9-10H2,1-2H3. The monoisotopic (exact) mass is 381 g/mol. The highest BCUT2D eigenvalue weighted by Gasteiger charge is 2.31. The molecule has 1 aromatic heterocycles. The largest absolute Gasteiger partial charge is 0.311 e. The van der Waals surface area contributed by atoms with Gasteiger partial charge in [0.25, 0.3) is 6.43 Å². The lowest BCUT2D eigenvalue weighted by Crippen LogP contribution is -2.30. The van der Waals surface area contributed by atoms with Crippen LogP contribution in [0.25, 0.3) is 11.3 Å². The second-order valence-electron chi connectivity index (χ2n) is 7.34. The van der Waals surface area contributed by atoms with Gasteiger partial charge in [0.1, 0.15) is 11.6 Å². The molecule has 1 aromatic carbocycles. The fourth-order valence-corrected chi connectivity index (χ4v) is 3.83. The lowest BCUT2D eigenvalue weighted by atomic mass is 9.74. The van der Waals surface area contributed by atoms with E-state index in [0.29, 0.717) is 12.5 Å². The number of rotatable bonds is 6. The number of hydrogen-bond acceptors (Lipinski definition) is 3. The molecule has 3 nitrogen and oxygen atoms in total. The van der Waals surface area contributed by atoms with Gasteiger partial charge in [0.15, 0.2) is 0 Å². The Morgan fingerprint density at radius 2 is 1.81 bits per heavy atom. The Balaban J connectivity index is 1.97. The van der Waals surface area contributed by atoms with Crippen LogP contribution >= 0.6 is 0 Å². The zero-order chi connectivity index (χ0) is 19.6. The summed E-state index contributed by atoms with van der Waals surface area (Å²) in [5.41, 5.74) is 1.62. The number of nitrogens with one attached hydrogen (secondary N) is 1. The molecule has 1 heterocycles. The summed E-state index contributed by atoms with van der Waals surface area (Å²) in [6.07, 6.45) is -0.723. The van der Waals surface area contributed by atoms with Crippen LogP contribution in [0.3, 0.4) is 0 Å². The van der Waals surface area contributed by atoms with Crippen molar-refractivity contribution in [3.8, 4) is 11.3 Å². The number of alkyl halides is 2. The molecule has 1 N–H and O–H groups in total. The summed E-state index contributed by atoms with van der Waals surface area (Å²) in [7, 11) is 0. The smallest absolute Gasteiger partial charge is 0.250 e. The van der Waals surface area contributed by atoms with Crippen molar-refractivity contribution >= 4 is 0 Å². The molecule has 7 heteroatoms. The molecule has 2 atom stereocenters. The topological polar surface area (TPSA) is 37.8 Å². The lowest BCUT2D eigenvalue weighted by Gasteiger charge is -2.33. The molecular weight excluding hydrogens is 358 g/mol. The molecule has 146 valence electrons. The first-order valence-corrected chi connectivity index (χ1v) is 9.19. The molecule has 2 aromatic rings. The molecule has 0 saturated heterocycles. The van der Waals surface area contributed by atoms with Gasteiger partial charge >= 0.3 is 0 Å². The highest BCUT2D eigenvalue weighted by Crippen LogP contribution is 2.42. The van der Waals surface area contributed by atoms with Crippen molar-refractivity contribution in [3.05, 3.63) is 47.2 Å². The molecule has 0 bridgehead atoms. The van der Waals surface area contributed by atoms with Gasteiger partial charge in [-0.05, 0) is 48.4 Å². The van der Waals surface area contributed by atoms with Crippen molar-refractivity contribution in [3.63, 3.8) is 0 Å². The first-order chi connectivity index (χ1) is 12.9. The Morgan fingerprint density at radius 3 is 2.44 bits per heavy atom. The Labute approximate surface area is 156 Å². The molecule has 0 fully saturated rings. The van der Waals surface area contributed by atoms with Gasteiger partial charge in [0.2, 0.25) is 0 Å². The normalized spacial score (nSPS) is 19.6. The predicted octanol–water partition coefficient (Wildman–Crippen LogP) is 4.89. The van der Waals surface area contributed by atoms with E-state index in [-0.39, 0.29) is 29.6 Å². The fraction of sp³-hybridized carbons (Fsp3) is 0.500. The van der Waals surface area contributed by atoms with E-state index < -0.39 is 18.1 Å². The van der Waals surface area contributed by atoms with E-state index in [9.17, 15) is 17.6 Å². The van der Waals surface area contributed by atoms with Gasteiger partial charge in [-0.15, -0.1) is 0 Å². The van der Waals surface area contributed by atoms with Crippen molar-refractivity contribution < 1.29 is 17.6 Å². The van der Waals surface area contributed by atoms with Crippen LogP contribution in [-0.4, -0.2) is 29.7 Å². The van der Waals surface area contributed by atoms with Crippen LogP contribution in [0.15, 0.2) is 24.3 Å². The SMILES string of the molecule is CC(C)C1CCC(CNCC(F)F)c2nnc(-c3c(F)cccc3F)cc21. The lowest BCUT2D eigenvalue weighted by molar-refractivity contribution is 0.145. The third-order valence-electron chi connectivity index (χ3n) is 5.18. The molecule has 3 rings (SSSR count). The molecule has 0 amide bonds. The highest BCUT2D eigenvalue weighted by atomic mass is 19.3. The first kappa shape index (κ1) is 19.7. The average molecular weight is 381 g/mol. The van der Waals surface area contributed by atoms with E-state index in [1.54, 1.807) is 6.07 Å². The first-order valence-electron chi connectivity index (χ1n) is 9.19. The van der Waals surface area contributed by atoms with Crippen molar-refractivity contribution in [2.75, 3.05) is 13.1 Å². The number of halogens is 4. The van der Waals surface area contributed by atoms with E-state index in [2.05, 4.69) is 29.4 Å². The maximum absolute atomic E-state index is 14.2. The van der Waals surface area contributed by atoms with Crippen molar-refractivity contribution in [1.82, 2.24) is 15.5 Å². The molecule has 1 aliphatic rings. The van der Waals surface area contributed by atoms with E-state index >= 15 is 0 Å². The Bertz CT molecular complexity index is 775. The van der Waals surface area contributed by atoms with E-state index in [1.807, 2.05) is 0 Å². The second kappa shape index (κ2) is 8.33. The minimum Gasteiger partial charge on any atom is -0.311 e. The summed E-state index contributed by atoms with van der Waals surface area (Å²) >= 11 is 0. The molecular formula is C20H23F4N3. The minimum atomic E-state index is -2.41.